The van der Waals surface area contributed by atoms with Gasteiger partial charge in [-0.05, 0) is 45.9 Å². The lowest BCUT2D eigenvalue weighted by atomic mass is 9.93. The van der Waals surface area contributed by atoms with Crippen LogP contribution < -0.4 is 16.0 Å². The van der Waals surface area contributed by atoms with Gasteiger partial charge in [0.2, 0.25) is 0 Å². The lowest BCUT2D eigenvalue weighted by Gasteiger charge is -2.30. The molecule has 0 radical (unpaired) electrons. The van der Waals surface area contributed by atoms with Crippen molar-refractivity contribution in [2.45, 2.75) is 38.4 Å². The van der Waals surface area contributed by atoms with Gasteiger partial charge in [0.25, 0.3) is 5.91 Å². The fourth-order valence-electron chi connectivity index (χ4n) is 2.52. The van der Waals surface area contributed by atoms with E-state index < -0.39 is 11.6 Å². The Morgan fingerprint density at radius 3 is 2.83 bits per heavy atom. The van der Waals surface area contributed by atoms with Gasteiger partial charge in [-0.1, -0.05) is 12.2 Å². The molecule has 1 amide bonds. The molecule has 1 heterocycles. The predicted octanol–water partition coefficient (Wildman–Crippen LogP) is 1.59. The zero-order chi connectivity index (χ0) is 16.9. The Morgan fingerprint density at radius 2 is 2.17 bits per heavy atom. The Kier molecular flexibility index (Phi) is 5.71. The summed E-state index contributed by atoms with van der Waals surface area (Å²) in [6.07, 6.45) is 7.62. The second kappa shape index (κ2) is 7.55. The predicted molar refractivity (Wildman–Crippen MR) is 90.3 cm³/mol. The summed E-state index contributed by atoms with van der Waals surface area (Å²) in [5.74, 6) is -0.398. The summed E-state index contributed by atoms with van der Waals surface area (Å²) in [5.41, 5.74) is -0.298. The summed E-state index contributed by atoms with van der Waals surface area (Å²) in [6.45, 7) is 5.24. The normalized spacial score (nSPS) is 22.2. The number of piperidine rings is 1. The van der Waals surface area contributed by atoms with Crippen LogP contribution in [-0.4, -0.2) is 43.0 Å². The van der Waals surface area contributed by atoms with Gasteiger partial charge in [0.05, 0.1) is 17.8 Å². The molecule has 0 spiro atoms. The van der Waals surface area contributed by atoms with Gasteiger partial charge < -0.3 is 16.0 Å². The van der Waals surface area contributed by atoms with Crippen LogP contribution in [-0.2, 0) is 4.79 Å². The molecule has 1 saturated heterocycles. The maximum Gasteiger partial charge on any atom is 0.253 e. The van der Waals surface area contributed by atoms with E-state index in [1.54, 1.807) is 24.4 Å². The molecule has 2 rings (SSSR count). The van der Waals surface area contributed by atoms with Crippen molar-refractivity contribution in [3.8, 4) is 0 Å². The summed E-state index contributed by atoms with van der Waals surface area (Å²) in [5, 5.41) is 17.0. The zero-order valence-electron chi connectivity index (χ0n) is 13.7. The van der Waals surface area contributed by atoms with Crippen LogP contribution in [0.5, 0.6) is 0 Å². The summed E-state index contributed by atoms with van der Waals surface area (Å²) in [4.78, 5) is 12.3. The number of rotatable bonds is 5. The van der Waals surface area contributed by atoms with E-state index in [2.05, 4.69) is 16.0 Å². The minimum Gasteiger partial charge on any atom is -0.388 e. The SMILES string of the molecule is CC(C)N/C=C1/C=CC=C(C(=O)NCC2(F)CCNCC2)C1=N. The van der Waals surface area contributed by atoms with Crippen molar-refractivity contribution in [1.29, 1.82) is 5.41 Å². The van der Waals surface area contributed by atoms with Gasteiger partial charge in [0.15, 0.2) is 0 Å². The van der Waals surface area contributed by atoms with Gasteiger partial charge in [-0.25, -0.2) is 4.39 Å². The Labute approximate surface area is 136 Å². The van der Waals surface area contributed by atoms with E-state index in [1.165, 1.54) is 0 Å². The Bertz CT molecular complexity index is 557. The van der Waals surface area contributed by atoms with Crippen LogP contribution in [0.25, 0.3) is 0 Å². The van der Waals surface area contributed by atoms with Crippen LogP contribution in [0.3, 0.4) is 0 Å². The molecule has 0 aromatic rings. The lowest BCUT2D eigenvalue weighted by Crippen LogP contribution is -2.47. The number of carbonyl (C=O) groups excluding carboxylic acids is 1. The number of amides is 1. The highest BCUT2D eigenvalue weighted by Gasteiger charge is 2.32. The maximum absolute atomic E-state index is 14.5. The van der Waals surface area contributed by atoms with E-state index in [0.29, 0.717) is 31.5 Å². The topological polar surface area (TPSA) is 77.0 Å². The molecule has 0 unspecified atom stereocenters. The monoisotopic (exact) mass is 320 g/mol. The van der Waals surface area contributed by atoms with Crippen LogP contribution in [0.4, 0.5) is 4.39 Å². The molecule has 1 aliphatic carbocycles. The third kappa shape index (κ3) is 4.76. The highest BCUT2D eigenvalue weighted by molar-refractivity contribution is 6.28. The zero-order valence-corrected chi connectivity index (χ0v) is 13.7. The van der Waals surface area contributed by atoms with Gasteiger partial charge in [0, 0.05) is 17.8 Å². The van der Waals surface area contributed by atoms with Gasteiger partial charge in [-0.2, -0.15) is 0 Å². The maximum atomic E-state index is 14.5. The summed E-state index contributed by atoms with van der Waals surface area (Å²) in [6, 6.07) is 0.248. The first kappa shape index (κ1) is 17.4. The first-order valence-corrected chi connectivity index (χ1v) is 8.03. The molecule has 23 heavy (non-hydrogen) atoms. The van der Waals surface area contributed by atoms with E-state index in [0.717, 1.165) is 0 Å². The highest BCUT2D eigenvalue weighted by Crippen LogP contribution is 2.22. The Morgan fingerprint density at radius 1 is 1.48 bits per heavy atom. The first-order chi connectivity index (χ1) is 10.9. The molecule has 2 aliphatic rings. The molecule has 1 aliphatic heterocycles. The van der Waals surface area contributed by atoms with E-state index >= 15 is 0 Å². The van der Waals surface area contributed by atoms with E-state index in [1.807, 2.05) is 13.8 Å². The second-order valence-corrected chi connectivity index (χ2v) is 6.32. The van der Waals surface area contributed by atoms with E-state index in [4.69, 9.17) is 5.41 Å². The van der Waals surface area contributed by atoms with Gasteiger partial charge in [-0.3, -0.25) is 10.2 Å². The number of halogens is 1. The number of allylic oxidation sites excluding steroid dienone is 4. The third-order valence-electron chi connectivity index (χ3n) is 3.98. The van der Waals surface area contributed by atoms with Crippen LogP contribution in [0.2, 0.25) is 0 Å². The molecule has 5 nitrogen and oxygen atoms in total. The quantitative estimate of drug-likeness (QED) is 0.621. The van der Waals surface area contributed by atoms with Crippen LogP contribution in [0.1, 0.15) is 26.7 Å². The molecule has 0 saturated carbocycles. The largest absolute Gasteiger partial charge is 0.388 e. The average Bonchev–Trinajstić information content (AvgIpc) is 2.52. The minimum absolute atomic E-state index is 0.00879. The van der Waals surface area contributed by atoms with Crippen molar-refractivity contribution in [2.24, 2.45) is 0 Å². The number of hydrogen-bond donors (Lipinski definition) is 4. The van der Waals surface area contributed by atoms with E-state index in [9.17, 15) is 9.18 Å². The Balaban J connectivity index is 1.96. The smallest absolute Gasteiger partial charge is 0.253 e. The van der Waals surface area contributed by atoms with Crippen molar-refractivity contribution in [1.82, 2.24) is 16.0 Å². The van der Waals surface area contributed by atoms with E-state index in [-0.39, 0.29) is 23.9 Å². The fraction of sp³-hybridized carbons (Fsp3) is 0.529. The molecule has 0 atom stereocenters. The summed E-state index contributed by atoms with van der Waals surface area (Å²) >= 11 is 0. The van der Waals surface area contributed by atoms with Crippen LogP contribution in [0, 0.1) is 5.41 Å². The van der Waals surface area contributed by atoms with Crippen molar-refractivity contribution in [3.05, 3.63) is 35.6 Å². The Hall–Kier alpha value is -1.95. The summed E-state index contributed by atoms with van der Waals surface area (Å²) in [7, 11) is 0. The standard InChI is InChI=1S/C17H25FN4O/c1-12(2)21-10-13-4-3-5-14(15(13)19)16(23)22-11-17(18)6-8-20-9-7-17/h3-5,10,12,19-21H,6-9,11H2,1-2H3,(H,22,23)/b13-10-,19-15?. The van der Waals surface area contributed by atoms with Crippen molar-refractivity contribution >= 4 is 11.6 Å². The number of nitrogens with one attached hydrogen (secondary N) is 4. The first-order valence-electron chi connectivity index (χ1n) is 8.03. The number of carbonyl (C=O) groups is 1. The minimum atomic E-state index is -1.36. The fourth-order valence-corrected chi connectivity index (χ4v) is 2.52. The lowest BCUT2D eigenvalue weighted by molar-refractivity contribution is -0.117. The van der Waals surface area contributed by atoms with Crippen molar-refractivity contribution in [2.75, 3.05) is 19.6 Å². The molecule has 0 bridgehead atoms. The van der Waals surface area contributed by atoms with Crippen LogP contribution >= 0.6 is 0 Å². The highest BCUT2D eigenvalue weighted by atomic mass is 19.1. The molecule has 4 N–H and O–H groups in total. The molecule has 126 valence electrons. The van der Waals surface area contributed by atoms with Gasteiger partial charge >= 0.3 is 0 Å². The molecular formula is C17H25FN4O. The third-order valence-corrected chi connectivity index (χ3v) is 3.98. The van der Waals surface area contributed by atoms with Crippen LogP contribution in [0.15, 0.2) is 35.6 Å². The second-order valence-electron chi connectivity index (χ2n) is 6.32. The molecule has 0 aromatic heterocycles. The van der Waals surface area contributed by atoms with Crippen molar-refractivity contribution < 1.29 is 9.18 Å². The number of alkyl halides is 1. The molecule has 6 heteroatoms. The molecule has 1 fully saturated rings. The summed E-state index contributed by atoms with van der Waals surface area (Å²) < 4.78 is 14.5. The molecule has 0 aromatic carbocycles. The van der Waals surface area contributed by atoms with Gasteiger partial charge in [0.1, 0.15) is 5.67 Å². The molecular weight excluding hydrogens is 295 g/mol. The van der Waals surface area contributed by atoms with Crippen molar-refractivity contribution in [3.63, 3.8) is 0 Å². The average molecular weight is 320 g/mol. The van der Waals surface area contributed by atoms with Gasteiger partial charge in [-0.15, -0.1) is 0 Å². The number of hydrogen-bond acceptors (Lipinski definition) is 4.